The van der Waals surface area contributed by atoms with Gasteiger partial charge < -0.3 is 8.83 Å². The Morgan fingerprint density at radius 2 is 0.923 bits per heavy atom. The predicted molar refractivity (Wildman–Crippen MR) is 218 cm³/mol. The van der Waals surface area contributed by atoms with E-state index in [9.17, 15) is 0 Å². The van der Waals surface area contributed by atoms with Gasteiger partial charge in [0, 0.05) is 42.5 Å². The van der Waals surface area contributed by atoms with Crippen molar-refractivity contribution in [1.82, 2.24) is 0 Å². The van der Waals surface area contributed by atoms with Crippen LogP contribution < -0.4 is 0 Å². The van der Waals surface area contributed by atoms with Crippen molar-refractivity contribution in [2.75, 3.05) is 0 Å². The second-order valence-corrected chi connectivity index (χ2v) is 19.3. The number of hydrogen-bond acceptors (Lipinski definition) is 2. The summed E-state index contributed by atoms with van der Waals surface area (Å²) in [6.45, 7) is 8.44. The summed E-state index contributed by atoms with van der Waals surface area (Å²) in [4.78, 5) is 0. The van der Waals surface area contributed by atoms with Crippen LogP contribution in [0.2, 0.25) is 22.1 Å². The monoisotopic (exact) mass is 854 g/mol. The van der Waals surface area contributed by atoms with E-state index in [1.807, 2.05) is 38.1 Å². The number of rotatable bonds is 8. The van der Waals surface area contributed by atoms with Gasteiger partial charge in [-0.15, -0.1) is 0 Å². The maximum atomic E-state index is 6.29. The number of allylic oxidation sites excluding steroid dienone is 2. The fourth-order valence-corrected chi connectivity index (χ4v) is 9.61. The van der Waals surface area contributed by atoms with E-state index < -0.39 is 20.8 Å². The van der Waals surface area contributed by atoms with Crippen LogP contribution in [0.1, 0.15) is 68.3 Å². The van der Waals surface area contributed by atoms with E-state index in [1.165, 1.54) is 66.8 Å². The summed E-state index contributed by atoms with van der Waals surface area (Å²) in [6.07, 6.45) is 4.76. The van der Waals surface area contributed by atoms with E-state index in [0.29, 0.717) is 0 Å². The molecule has 2 aromatic heterocycles. The molecule has 2 atom stereocenters. The minimum absolute atomic E-state index is 0.243. The molecule has 2 unspecified atom stereocenters. The molecule has 2 nitrogen and oxygen atoms in total. The zero-order valence-electron chi connectivity index (χ0n) is 29.3. The van der Waals surface area contributed by atoms with Gasteiger partial charge in [0.25, 0.3) is 0 Å². The number of halogens is 4. The molecule has 2 aliphatic rings. The Kier molecular flexibility index (Phi) is 11.7. The minimum atomic E-state index is -0.826. The van der Waals surface area contributed by atoms with Crippen LogP contribution in [-0.4, -0.2) is 9.52 Å². The second kappa shape index (κ2) is 16.3. The van der Waals surface area contributed by atoms with E-state index in [-0.39, 0.29) is 11.8 Å². The first kappa shape index (κ1) is 37.5. The average molecular weight is 858 g/mol. The number of hydrogen-bond donors (Lipinski definition) is 0. The molecule has 0 amide bonds. The molecule has 8 rings (SSSR count). The Bertz CT molecular complexity index is 2140. The van der Waals surface area contributed by atoms with Crippen LogP contribution in [0.5, 0.6) is 0 Å². The third kappa shape index (κ3) is 7.58. The molecule has 6 aromatic rings. The van der Waals surface area contributed by atoms with Gasteiger partial charge in [-0.1, -0.05) is 71.7 Å². The van der Waals surface area contributed by atoms with Gasteiger partial charge in [-0.2, -0.15) is 0 Å². The molecule has 2 radical (unpaired) electrons. The molecular formula is C44H36Cl4O2SiZr. The van der Waals surface area contributed by atoms with Crippen molar-refractivity contribution >= 4 is 73.0 Å². The van der Waals surface area contributed by atoms with Gasteiger partial charge in [-0.25, -0.2) is 0 Å². The predicted octanol–water partition coefficient (Wildman–Crippen LogP) is 14.6. The van der Waals surface area contributed by atoms with Crippen molar-refractivity contribution in [3.63, 3.8) is 0 Å². The average Bonchev–Trinajstić information content (AvgIpc) is 3.92. The topological polar surface area (TPSA) is 26.3 Å². The third-order valence-corrected chi connectivity index (χ3v) is 12.0. The number of aryl methyl sites for hydroxylation is 4. The molecule has 52 heavy (non-hydrogen) atoms. The first-order chi connectivity index (χ1) is 25.2. The summed E-state index contributed by atoms with van der Waals surface area (Å²) in [5, 5.41) is 1.50. The molecular weight excluding hydrogens is 822 g/mol. The van der Waals surface area contributed by atoms with E-state index in [4.69, 9.17) is 49.1 Å². The van der Waals surface area contributed by atoms with Crippen molar-refractivity contribution in [3.05, 3.63) is 164 Å². The van der Waals surface area contributed by atoms with Crippen LogP contribution >= 0.6 is 40.2 Å². The quantitative estimate of drug-likeness (QED) is 0.143. The first-order valence-electron chi connectivity index (χ1n) is 17.2. The molecule has 0 saturated heterocycles. The Labute approximate surface area is 337 Å². The summed E-state index contributed by atoms with van der Waals surface area (Å²) < 4.78 is 12.6. The van der Waals surface area contributed by atoms with Crippen LogP contribution in [0, 0.1) is 27.7 Å². The zero-order chi connectivity index (χ0) is 36.5. The van der Waals surface area contributed by atoms with Crippen LogP contribution in [-0.2, 0) is 20.8 Å². The fraction of sp³-hybridized carbons (Fsp3) is 0.182. The van der Waals surface area contributed by atoms with E-state index in [1.54, 1.807) is 0 Å². The summed E-state index contributed by atoms with van der Waals surface area (Å²) in [7, 11) is 10.6. The van der Waals surface area contributed by atoms with Crippen LogP contribution in [0.3, 0.4) is 0 Å². The molecule has 0 saturated carbocycles. The summed E-state index contributed by atoms with van der Waals surface area (Å²) in [5.41, 5.74) is 15.3. The molecule has 2 heterocycles. The molecule has 0 spiro atoms. The fourth-order valence-electron chi connectivity index (χ4n) is 7.73. The van der Waals surface area contributed by atoms with Gasteiger partial charge in [-0.05, 0) is 156 Å². The van der Waals surface area contributed by atoms with Crippen LogP contribution in [0.4, 0.5) is 0 Å². The number of furan rings is 2. The SMILES string of the molecule is Cc1ccc(C2=Cc3c(ccc(C)c3-c3ccc(Cl)cc3)C2C[Si]CC2C(c3ccc(C)o3)=Cc3c2ccc(C)c3-c2ccc(Cl)cc2)o1.[Cl][Zr][Cl]. The first-order valence-corrected chi connectivity index (χ1v) is 25.7. The Morgan fingerprint density at radius 1 is 0.538 bits per heavy atom. The number of fused-ring (bicyclic) bond motifs is 2. The van der Waals surface area contributed by atoms with Crippen molar-refractivity contribution in [3.8, 4) is 22.3 Å². The Morgan fingerprint density at radius 3 is 1.27 bits per heavy atom. The maximum absolute atomic E-state index is 6.29. The van der Waals surface area contributed by atoms with Crippen molar-refractivity contribution in [1.29, 1.82) is 0 Å². The van der Waals surface area contributed by atoms with E-state index >= 15 is 0 Å². The van der Waals surface area contributed by atoms with Crippen LogP contribution in [0.15, 0.2) is 106 Å². The molecule has 0 bridgehead atoms. The summed E-state index contributed by atoms with van der Waals surface area (Å²) in [6, 6.07) is 36.1. The normalized spacial score (nSPS) is 15.8. The van der Waals surface area contributed by atoms with Crippen molar-refractivity contribution in [2.45, 2.75) is 51.6 Å². The van der Waals surface area contributed by atoms with Gasteiger partial charge in [0.2, 0.25) is 0 Å². The molecule has 0 aliphatic heterocycles. The van der Waals surface area contributed by atoms with Gasteiger partial charge in [0.1, 0.15) is 23.0 Å². The molecule has 8 heteroatoms. The zero-order valence-corrected chi connectivity index (χ0v) is 35.8. The molecule has 2 aliphatic carbocycles. The van der Waals surface area contributed by atoms with E-state index in [0.717, 1.165) is 54.7 Å². The van der Waals surface area contributed by atoms with Gasteiger partial charge in [-0.3, -0.25) is 0 Å². The van der Waals surface area contributed by atoms with Crippen molar-refractivity contribution in [2.24, 2.45) is 0 Å². The second-order valence-electron chi connectivity index (χ2n) is 13.4. The van der Waals surface area contributed by atoms with E-state index in [2.05, 4.69) is 98.8 Å². The van der Waals surface area contributed by atoms with Gasteiger partial charge >= 0.3 is 37.9 Å². The Balaban J connectivity index is 0.00000136. The molecule has 0 fully saturated rings. The van der Waals surface area contributed by atoms with Gasteiger partial charge in [0.15, 0.2) is 0 Å². The summed E-state index contributed by atoms with van der Waals surface area (Å²) >= 11 is 11.8. The Hall–Kier alpha value is -2.82. The third-order valence-electron chi connectivity index (χ3n) is 10.1. The molecule has 4 aromatic carbocycles. The van der Waals surface area contributed by atoms with Gasteiger partial charge in [0.05, 0.1) is 0 Å². The van der Waals surface area contributed by atoms with Crippen molar-refractivity contribution < 1.29 is 29.7 Å². The number of benzene rings is 4. The molecule has 260 valence electrons. The van der Waals surface area contributed by atoms with Crippen LogP contribution in [0.25, 0.3) is 45.6 Å². The standard InChI is InChI=1S/C44H36Cl2O2Si.2ClH.Zr/c1-25-5-17-33-37(43(25)29-9-13-31(45)14-10-29)21-35(41-19-7-27(3)47-41)39(33)23-49-24-40-34-18-6-26(2)44(30-11-15-32(46)16-12-30)38(34)22-36(40)42-20-8-28(4)48-42;;;/h5-22,39-40H,23-24H2,1-4H3;2*1H;/q;;;+2/p-2. The molecule has 0 N–H and O–H groups in total. The summed E-state index contributed by atoms with van der Waals surface area (Å²) in [5.74, 6) is 4.27.